The number of ether oxygens (including phenoxy) is 1. The maximum atomic E-state index is 13.2. The lowest BCUT2D eigenvalue weighted by Gasteiger charge is -2.45. The van der Waals surface area contributed by atoms with Gasteiger partial charge in [-0.05, 0) is 43.4 Å². The van der Waals surface area contributed by atoms with Crippen LogP contribution in [0.4, 0.5) is 4.39 Å². The molecular weight excluding hydrogens is 231 g/mol. The summed E-state index contributed by atoms with van der Waals surface area (Å²) in [5.41, 5.74) is 0.362. The summed E-state index contributed by atoms with van der Waals surface area (Å²) < 4.78 is 19.3. The fourth-order valence-electron chi connectivity index (χ4n) is 3.50. The number of hydrogen-bond acceptors (Lipinski definition) is 2. The van der Waals surface area contributed by atoms with Crippen molar-refractivity contribution < 1.29 is 14.2 Å². The average Bonchev–Trinajstić information content (AvgIpc) is 2.30. The van der Waals surface area contributed by atoms with E-state index in [2.05, 4.69) is 6.92 Å². The van der Waals surface area contributed by atoms with Crippen LogP contribution in [0.3, 0.4) is 0 Å². The highest BCUT2D eigenvalue weighted by Gasteiger charge is 2.43. The van der Waals surface area contributed by atoms with Crippen molar-refractivity contribution in [1.29, 1.82) is 0 Å². The van der Waals surface area contributed by atoms with Crippen molar-refractivity contribution in [1.82, 2.24) is 0 Å². The number of halogens is 1. The van der Waals surface area contributed by atoms with Crippen LogP contribution in [0.1, 0.15) is 50.7 Å². The molecule has 0 radical (unpaired) electrons. The molecule has 98 valence electrons. The van der Waals surface area contributed by atoms with Gasteiger partial charge in [-0.25, -0.2) is 4.39 Å². The normalized spacial score (nSPS) is 35.1. The summed E-state index contributed by atoms with van der Waals surface area (Å²) >= 11 is 0. The van der Waals surface area contributed by atoms with Crippen LogP contribution in [-0.2, 0) is 0 Å². The fraction of sp³-hybridized carbons (Fsp3) is 0.600. The number of fused-ring (bicyclic) bond motifs is 1. The molecule has 2 nitrogen and oxygen atoms in total. The largest absolute Gasteiger partial charge is 0.487 e. The second kappa shape index (κ2) is 4.23. The molecule has 1 heterocycles. The summed E-state index contributed by atoms with van der Waals surface area (Å²) in [7, 11) is 0. The van der Waals surface area contributed by atoms with Crippen molar-refractivity contribution in [2.75, 3.05) is 0 Å². The van der Waals surface area contributed by atoms with Gasteiger partial charge < -0.3 is 9.84 Å². The predicted molar refractivity (Wildman–Crippen MR) is 67.0 cm³/mol. The topological polar surface area (TPSA) is 29.5 Å². The van der Waals surface area contributed by atoms with Gasteiger partial charge in [-0.2, -0.15) is 0 Å². The van der Waals surface area contributed by atoms with Crippen molar-refractivity contribution >= 4 is 0 Å². The number of hydrogen-bond donors (Lipinski definition) is 1. The summed E-state index contributed by atoms with van der Waals surface area (Å²) in [6.07, 6.45) is 4.34. The standard InChI is InChI=1S/C15H19FO2/c1-10-3-2-6-15(8-10)9-13(17)12-7-11(16)4-5-14(12)18-15/h4-5,7,10,13,17H,2-3,6,8-9H2,1H3. The van der Waals surface area contributed by atoms with Crippen molar-refractivity contribution in [3.8, 4) is 5.75 Å². The second-order valence-electron chi connectivity index (χ2n) is 5.89. The maximum absolute atomic E-state index is 13.2. The summed E-state index contributed by atoms with van der Waals surface area (Å²) in [5.74, 6) is 0.974. The lowest BCUT2D eigenvalue weighted by atomic mass is 9.74. The first-order valence-electron chi connectivity index (χ1n) is 6.74. The molecule has 1 aliphatic heterocycles. The molecule has 1 N–H and O–H groups in total. The first kappa shape index (κ1) is 12.0. The Bertz CT molecular complexity index is 460. The minimum Gasteiger partial charge on any atom is -0.487 e. The molecule has 2 aliphatic rings. The van der Waals surface area contributed by atoms with E-state index < -0.39 is 6.10 Å². The van der Waals surface area contributed by atoms with Crippen LogP contribution in [0.5, 0.6) is 5.75 Å². The Balaban J connectivity index is 1.93. The highest BCUT2D eigenvalue weighted by molar-refractivity contribution is 5.38. The van der Waals surface area contributed by atoms with Crippen LogP contribution in [0.15, 0.2) is 18.2 Å². The second-order valence-corrected chi connectivity index (χ2v) is 5.89. The number of aliphatic hydroxyl groups excluding tert-OH is 1. The summed E-state index contributed by atoms with van der Waals surface area (Å²) in [5, 5.41) is 10.2. The minimum atomic E-state index is -0.602. The van der Waals surface area contributed by atoms with Crippen LogP contribution in [0.25, 0.3) is 0 Å². The van der Waals surface area contributed by atoms with E-state index >= 15 is 0 Å². The first-order chi connectivity index (χ1) is 8.58. The van der Waals surface area contributed by atoms with E-state index in [0.717, 1.165) is 19.3 Å². The Morgan fingerprint density at radius 3 is 3.00 bits per heavy atom. The Hall–Kier alpha value is -1.09. The zero-order valence-corrected chi connectivity index (χ0v) is 10.7. The van der Waals surface area contributed by atoms with E-state index in [0.29, 0.717) is 23.7 Å². The third kappa shape index (κ3) is 2.01. The van der Waals surface area contributed by atoms with Crippen LogP contribution in [-0.4, -0.2) is 10.7 Å². The number of rotatable bonds is 0. The fourth-order valence-corrected chi connectivity index (χ4v) is 3.50. The Kier molecular flexibility index (Phi) is 2.81. The molecule has 3 rings (SSSR count). The lowest BCUT2D eigenvalue weighted by molar-refractivity contribution is -0.0497. The summed E-state index contributed by atoms with van der Waals surface area (Å²) in [6, 6.07) is 4.43. The Labute approximate surface area is 107 Å². The van der Waals surface area contributed by atoms with Crippen molar-refractivity contribution in [2.24, 2.45) is 5.92 Å². The van der Waals surface area contributed by atoms with E-state index in [9.17, 15) is 9.50 Å². The Morgan fingerprint density at radius 1 is 1.39 bits per heavy atom. The van der Waals surface area contributed by atoms with Crippen LogP contribution in [0.2, 0.25) is 0 Å². The molecule has 0 amide bonds. The molecule has 0 aromatic heterocycles. The number of benzene rings is 1. The molecule has 1 fully saturated rings. The van der Waals surface area contributed by atoms with E-state index in [1.54, 1.807) is 6.07 Å². The molecule has 3 heteroatoms. The SMILES string of the molecule is CC1CCCC2(C1)CC(O)c1cc(F)ccc1O2. The third-order valence-electron chi connectivity index (χ3n) is 4.27. The van der Waals surface area contributed by atoms with E-state index in [-0.39, 0.29) is 11.4 Å². The average molecular weight is 250 g/mol. The van der Waals surface area contributed by atoms with Crippen molar-refractivity contribution in [3.05, 3.63) is 29.6 Å². The summed E-state index contributed by atoms with van der Waals surface area (Å²) in [6.45, 7) is 2.23. The highest BCUT2D eigenvalue weighted by Crippen LogP contribution is 2.47. The van der Waals surface area contributed by atoms with Crippen molar-refractivity contribution in [3.63, 3.8) is 0 Å². The van der Waals surface area contributed by atoms with Gasteiger partial charge >= 0.3 is 0 Å². The molecule has 18 heavy (non-hydrogen) atoms. The van der Waals surface area contributed by atoms with Gasteiger partial charge in [-0.1, -0.05) is 13.3 Å². The van der Waals surface area contributed by atoms with Gasteiger partial charge in [0.25, 0.3) is 0 Å². The summed E-state index contributed by atoms with van der Waals surface area (Å²) in [4.78, 5) is 0. The quantitative estimate of drug-likeness (QED) is 0.762. The van der Waals surface area contributed by atoms with Crippen molar-refractivity contribution in [2.45, 2.75) is 50.7 Å². The lowest BCUT2D eigenvalue weighted by Crippen LogP contribution is -2.44. The van der Waals surface area contributed by atoms with Gasteiger partial charge in [0.15, 0.2) is 0 Å². The molecule has 3 unspecified atom stereocenters. The number of aliphatic hydroxyl groups is 1. The van der Waals surface area contributed by atoms with Crippen LogP contribution < -0.4 is 4.74 Å². The molecule has 0 saturated heterocycles. The predicted octanol–water partition coefficient (Wildman–Crippen LogP) is 3.59. The van der Waals surface area contributed by atoms with E-state index in [4.69, 9.17) is 4.74 Å². The van der Waals surface area contributed by atoms with E-state index in [1.807, 2.05) is 0 Å². The molecular formula is C15H19FO2. The van der Waals surface area contributed by atoms with E-state index in [1.165, 1.54) is 18.6 Å². The third-order valence-corrected chi connectivity index (χ3v) is 4.27. The van der Waals surface area contributed by atoms with Crippen LogP contribution in [0, 0.1) is 11.7 Å². The molecule has 1 saturated carbocycles. The molecule has 0 bridgehead atoms. The monoisotopic (exact) mass is 250 g/mol. The Morgan fingerprint density at radius 2 is 2.22 bits per heavy atom. The minimum absolute atomic E-state index is 0.234. The molecule has 1 aromatic carbocycles. The zero-order chi connectivity index (χ0) is 12.8. The van der Waals surface area contributed by atoms with Gasteiger partial charge in [0, 0.05) is 12.0 Å². The van der Waals surface area contributed by atoms with Gasteiger partial charge in [-0.3, -0.25) is 0 Å². The smallest absolute Gasteiger partial charge is 0.126 e. The van der Waals surface area contributed by atoms with Gasteiger partial charge in [-0.15, -0.1) is 0 Å². The molecule has 1 aromatic rings. The molecule has 1 aliphatic carbocycles. The van der Waals surface area contributed by atoms with Gasteiger partial charge in [0.1, 0.15) is 17.2 Å². The molecule has 3 atom stereocenters. The highest BCUT2D eigenvalue weighted by atomic mass is 19.1. The first-order valence-corrected chi connectivity index (χ1v) is 6.74. The maximum Gasteiger partial charge on any atom is 0.126 e. The van der Waals surface area contributed by atoms with Gasteiger partial charge in [0.2, 0.25) is 0 Å². The molecule has 1 spiro atoms. The van der Waals surface area contributed by atoms with Gasteiger partial charge in [0.05, 0.1) is 6.10 Å². The zero-order valence-electron chi connectivity index (χ0n) is 10.7. The van der Waals surface area contributed by atoms with Crippen LogP contribution >= 0.6 is 0 Å².